The first kappa shape index (κ1) is 21.4. The minimum Gasteiger partial charge on any atom is -0.493 e. The van der Waals surface area contributed by atoms with Gasteiger partial charge in [0.25, 0.3) is 5.91 Å². The molecule has 2 aromatic carbocycles. The molecule has 1 aliphatic rings. The second-order valence-electron chi connectivity index (χ2n) is 6.49. The summed E-state index contributed by atoms with van der Waals surface area (Å²) in [5.74, 6) is -2.06. The highest BCUT2D eigenvalue weighted by Crippen LogP contribution is 2.29. The van der Waals surface area contributed by atoms with E-state index < -0.39 is 23.0 Å². The molecule has 0 spiro atoms. The number of carbonyl (C=O) groups excluding carboxylic acids is 2. The van der Waals surface area contributed by atoms with Crippen LogP contribution < -0.4 is 9.47 Å². The van der Waals surface area contributed by atoms with Crippen LogP contribution in [-0.2, 0) is 9.53 Å². The molecule has 1 amide bonds. The van der Waals surface area contributed by atoms with Crippen LogP contribution in [0.3, 0.4) is 0 Å². The van der Waals surface area contributed by atoms with Crippen molar-refractivity contribution in [3.63, 3.8) is 0 Å². The molecule has 0 radical (unpaired) electrons. The summed E-state index contributed by atoms with van der Waals surface area (Å²) in [7, 11) is 1.44. The van der Waals surface area contributed by atoms with E-state index in [-0.39, 0.29) is 12.5 Å². The van der Waals surface area contributed by atoms with Gasteiger partial charge in [-0.2, -0.15) is 0 Å². The number of amides is 1. The zero-order chi connectivity index (χ0) is 21.5. The maximum absolute atomic E-state index is 13.7. The second kappa shape index (κ2) is 9.98. The third-order valence-electron chi connectivity index (χ3n) is 4.54. The fourth-order valence-electron chi connectivity index (χ4n) is 2.94. The van der Waals surface area contributed by atoms with E-state index in [1.807, 2.05) is 0 Å². The Morgan fingerprint density at radius 3 is 2.47 bits per heavy atom. The minimum absolute atomic E-state index is 0.142. The molecular weight excluding hydrogens is 396 g/mol. The molecule has 0 aromatic heterocycles. The van der Waals surface area contributed by atoms with Crippen molar-refractivity contribution >= 4 is 17.8 Å². The van der Waals surface area contributed by atoms with E-state index in [1.54, 1.807) is 23.1 Å². The highest BCUT2D eigenvalue weighted by atomic mass is 19.1. The summed E-state index contributed by atoms with van der Waals surface area (Å²) in [6.07, 6.45) is 2.50. The van der Waals surface area contributed by atoms with Crippen LogP contribution in [0, 0.1) is 11.6 Å². The Morgan fingerprint density at radius 2 is 1.80 bits per heavy atom. The molecule has 0 unspecified atom stereocenters. The Morgan fingerprint density at radius 1 is 1.10 bits per heavy atom. The first-order valence-electron chi connectivity index (χ1n) is 9.32. The zero-order valence-corrected chi connectivity index (χ0v) is 16.4. The van der Waals surface area contributed by atoms with Crippen LogP contribution in [0.2, 0.25) is 0 Å². The largest absolute Gasteiger partial charge is 0.493 e. The molecule has 2 aromatic rings. The monoisotopic (exact) mass is 417 g/mol. The third-order valence-corrected chi connectivity index (χ3v) is 4.54. The highest BCUT2D eigenvalue weighted by Gasteiger charge is 2.18. The number of allylic oxidation sites excluding steroid dienone is 1. The maximum atomic E-state index is 13.7. The molecule has 8 heteroatoms. The van der Waals surface area contributed by atoms with Gasteiger partial charge in [0.05, 0.1) is 25.9 Å². The number of halogens is 2. The van der Waals surface area contributed by atoms with Gasteiger partial charge in [-0.25, -0.2) is 8.78 Å². The van der Waals surface area contributed by atoms with Crippen molar-refractivity contribution in [2.24, 2.45) is 0 Å². The average Bonchev–Trinajstić information content (AvgIpc) is 2.76. The molecule has 0 bridgehead atoms. The maximum Gasteiger partial charge on any atom is 0.260 e. The molecule has 30 heavy (non-hydrogen) atoms. The van der Waals surface area contributed by atoms with Crippen molar-refractivity contribution in [3.8, 4) is 11.5 Å². The molecule has 0 aliphatic carbocycles. The van der Waals surface area contributed by atoms with Gasteiger partial charge in [-0.05, 0) is 35.9 Å². The SMILES string of the molecule is COc1cc(/C=C/C(=O)c2c(F)cccc2F)ccc1OCC(=O)N1CCOCC1. The van der Waals surface area contributed by atoms with Gasteiger partial charge < -0.3 is 19.1 Å². The van der Waals surface area contributed by atoms with Gasteiger partial charge in [-0.3, -0.25) is 9.59 Å². The van der Waals surface area contributed by atoms with E-state index in [0.29, 0.717) is 43.4 Å². The second-order valence-corrected chi connectivity index (χ2v) is 6.49. The molecule has 3 rings (SSSR count). The van der Waals surface area contributed by atoms with Crippen LogP contribution >= 0.6 is 0 Å². The summed E-state index contributed by atoms with van der Waals surface area (Å²) in [4.78, 5) is 26.0. The van der Waals surface area contributed by atoms with Crippen molar-refractivity contribution in [3.05, 3.63) is 65.2 Å². The topological polar surface area (TPSA) is 65.1 Å². The number of methoxy groups -OCH3 is 1. The van der Waals surface area contributed by atoms with E-state index in [4.69, 9.17) is 14.2 Å². The molecule has 1 aliphatic heterocycles. The standard InChI is InChI=1S/C22H21F2NO5/c1-28-20-13-15(5-7-18(26)22-16(23)3-2-4-17(22)24)6-8-19(20)30-14-21(27)25-9-11-29-12-10-25/h2-8,13H,9-12,14H2,1H3/b7-5+. The number of hydrogen-bond acceptors (Lipinski definition) is 5. The molecule has 1 fully saturated rings. The predicted octanol–water partition coefficient (Wildman–Crippen LogP) is 3.11. The quantitative estimate of drug-likeness (QED) is 0.512. The molecule has 1 saturated heterocycles. The number of hydrogen-bond donors (Lipinski definition) is 0. The van der Waals surface area contributed by atoms with Gasteiger partial charge >= 0.3 is 0 Å². The lowest BCUT2D eigenvalue weighted by molar-refractivity contribution is -0.137. The Balaban J connectivity index is 1.67. The predicted molar refractivity (Wildman–Crippen MR) is 106 cm³/mol. The van der Waals surface area contributed by atoms with Crippen LogP contribution in [0.1, 0.15) is 15.9 Å². The van der Waals surface area contributed by atoms with Crippen molar-refractivity contribution in [1.29, 1.82) is 0 Å². The number of ether oxygens (including phenoxy) is 3. The lowest BCUT2D eigenvalue weighted by Gasteiger charge is -2.26. The van der Waals surface area contributed by atoms with Gasteiger partial charge in [-0.1, -0.05) is 18.2 Å². The summed E-state index contributed by atoms with van der Waals surface area (Å²) >= 11 is 0. The Bertz CT molecular complexity index is 934. The van der Waals surface area contributed by atoms with Crippen molar-refractivity contribution < 1.29 is 32.6 Å². The fourth-order valence-corrected chi connectivity index (χ4v) is 2.94. The van der Waals surface area contributed by atoms with Crippen molar-refractivity contribution in [1.82, 2.24) is 4.90 Å². The minimum atomic E-state index is -0.920. The number of carbonyl (C=O) groups is 2. The van der Waals surface area contributed by atoms with Crippen LogP contribution in [0.5, 0.6) is 11.5 Å². The molecule has 0 saturated carbocycles. The van der Waals surface area contributed by atoms with Gasteiger partial charge in [0.15, 0.2) is 23.9 Å². The summed E-state index contributed by atoms with van der Waals surface area (Å²) in [5, 5.41) is 0. The lowest BCUT2D eigenvalue weighted by atomic mass is 10.1. The van der Waals surface area contributed by atoms with Gasteiger partial charge in [0, 0.05) is 13.1 Å². The molecular formula is C22H21F2NO5. The van der Waals surface area contributed by atoms with E-state index in [0.717, 1.165) is 18.2 Å². The summed E-state index contributed by atoms with van der Waals surface area (Å²) in [5.41, 5.74) is -0.0499. The zero-order valence-electron chi connectivity index (χ0n) is 16.4. The van der Waals surface area contributed by atoms with Crippen molar-refractivity contribution in [2.75, 3.05) is 40.0 Å². The van der Waals surface area contributed by atoms with E-state index in [9.17, 15) is 18.4 Å². The van der Waals surface area contributed by atoms with Crippen LogP contribution in [0.4, 0.5) is 8.78 Å². The number of ketones is 1. The number of nitrogens with zero attached hydrogens (tertiary/aromatic N) is 1. The number of morpholine rings is 1. The fraction of sp³-hybridized carbons (Fsp3) is 0.273. The first-order chi connectivity index (χ1) is 14.5. The molecule has 0 N–H and O–H groups in total. The normalized spacial score (nSPS) is 14.0. The van der Waals surface area contributed by atoms with E-state index in [1.165, 1.54) is 19.3 Å². The van der Waals surface area contributed by atoms with E-state index in [2.05, 4.69) is 0 Å². The van der Waals surface area contributed by atoms with Crippen LogP contribution in [-0.4, -0.2) is 56.6 Å². The summed E-state index contributed by atoms with van der Waals surface area (Å²) < 4.78 is 43.5. The van der Waals surface area contributed by atoms with Gasteiger partial charge in [-0.15, -0.1) is 0 Å². The van der Waals surface area contributed by atoms with Gasteiger partial charge in [0.1, 0.15) is 11.6 Å². The van der Waals surface area contributed by atoms with Crippen LogP contribution in [0.25, 0.3) is 6.08 Å². The highest BCUT2D eigenvalue weighted by molar-refractivity contribution is 6.07. The lowest BCUT2D eigenvalue weighted by Crippen LogP contribution is -2.43. The van der Waals surface area contributed by atoms with Crippen molar-refractivity contribution in [2.45, 2.75) is 0 Å². The molecule has 1 heterocycles. The molecule has 158 valence electrons. The average molecular weight is 417 g/mol. The molecule has 0 atom stereocenters. The van der Waals surface area contributed by atoms with E-state index >= 15 is 0 Å². The Kier molecular flexibility index (Phi) is 7.13. The number of rotatable bonds is 7. The Labute approximate surface area is 172 Å². The summed E-state index contributed by atoms with van der Waals surface area (Å²) in [6.45, 7) is 1.92. The molecule has 6 nitrogen and oxygen atoms in total. The van der Waals surface area contributed by atoms with Gasteiger partial charge in [0.2, 0.25) is 0 Å². The summed E-state index contributed by atoms with van der Waals surface area (Å²) in [6, 6.07) is 8.07. The number of benzene rings is 2. The Hall–Kier alpha value is -3.26. The third kappa shape index (κ3) is 5.21. The van der Waals surface area contributed by atoms with Crippen LogP contribution in [0.15, 0.2) is 42.5 Å². The smallest absolute Gasteiger partial charge is 0.260 e. The first-order valence-corrected chi connectivity index (χ1v) is 9.32.